The van der Waals surface area contributed by atoms with Gasteiger partial charge in [-0.05, 0) is 44.9 Å². The second-order valence-electron chi connectivity index (χ2n) is 13.3. The summed E-state index contributed by atoms with van der Waals surface area (Å²) in [6.07, 6.45) is -7.09. The standard InChI is InChI=1S/C35H40F6N4O5S/c1-4-8-28-33(50-23-19-29(51-21-23)35(39,40)41,12-7-14-45(28)30(46)24-20-42-13-11-25(24)34(36,37)38)31(47)44-17-15-43(16-18-44)26-9-5-6-10-27(26)49-22-32(2,3)48/h5-6,9-11,13,19-21,28,48H,4,7-8,12,14-18,22H2,1-3H3/t28-,33+/m1/s1. The molecule has 0 saturated carbocycles. The number of carbonyl (C=O) groups is 2. The third kappa shape index (κ3) is 8.54. The van der Waals surface area contributed by atoms with Crippen LogP contribution in [0.2, 0.25) is 0 Å². The predicted octanol–water partition coefficient (Wildman–Crippen LogP) is 6.90. The Balaban J connectivity index is 1.48. The van der Waals surface area contributed by atoms with Gasteiger partial charge in [0.25, 0.3) is 11.8 Å². The van der Waals surface area contributed by atoms with Crippen LogP contribution in [0.5, 0.6) is 11.5 Å². The number of amides is 2. The number of pyridine rings is 1. The molecule has 51 heavy (non-hydrogen) atoms. The molecule has 0 aliphatic carbocycles. The highest BCUT2D eigenvalue weighted by atomic mass is 32.1. The molecule has 0 unspecified atom stereocenters. The Hall–Kier alpha value is -4.05. The van der Waals surface area contributed by atoms with E-state index in [9.17, 15) is 41.0 Å². The number of thiophene rings is 1. The number of anilines is 1. The number of carbonyl (C=O) groups excluding carboxylic acids is 2. The third-order valence-electron chi connectivity index (χ3n) is 8.91. The minimum absolute atomic E-state index is 0.000721. The van der Waals surface area contributed by atoms with Gasteiger partial charge in [-0.25, -0.2) is 0 Å². The molecule has 1 N–H and O–H groups in total. The number of hydrogen-bond donors (Lipinski definition) is 1. The minimum Gasteiger partial charge on any atom is -0.488 e. The van der Waals surface area contributed by atoms with Gasteiger partial charge in [0.15, 0.2) is 0 Å². The molecule has 2 amide bonds. The van der Waals surface area contributed by atoms with Crippen LogP contribution in [0.4, 0.5) is 32.0 Å². The summed E-state index contributed by atoms with van der Waals surface area (Å²) in [5, 5.41) is 11.3. The van der Waals surface area contributed by atoms with E-state index in [2.05, 4.69) is 4.98 Å². The van der Waals surface area contributed by atoms with E-state index < -0.39 is 57.4 Å². The summed E-state index contributed by atoms with van der Waals surface area (Å²) in [5.41, 5.74) is -4.11. The number of halogens is 6. The molecular formula is C35H40F6N4O5S. The van der Waals surface area contributed by atoms with Gasteiger partial charge in [0, 0.05) is 63.0 Å². The van der Waals surface area contributed by atoms with Gasteiger partial charge in [-0.2, -0.15) is 26.3 Å². The molecule has 1 aromatic carbocycles. The van der Waals surface area contributed by atoms with Crippen molar-refractivity contribution in [2.75, 3.05) is 44.2 Å². The maximum absolute atomic E-state index is 14.8. The number of nitrogens with zero attached hydrogens (tertiary/aromatic N) is 4. The van der Waals surface area contributed by atoms with Crippen LogP contribution in [0.3, 0.4) is 0 Å². The maximum atomic E-state index is 14.8. The number of para-hydroxylation sites is 2. The highest BCUT2D eigenvalue weighted by Gasteiger charge is 2.56. The first-order valence-corrected chi connectivity index (χ1v) is 17.5. The van der Waals surface area contributed by atoms with Gasteiger partial charge < -0.3 is 29.3 Å². The first kappa shape index (κ1) is 38.2. The maximum Gasteiger partial charge on any atom is 0.425 e. The lowest BCUT2D eigenvalue weighted by atomic mass is 9.79. The SMILES string of the molecule is CCC[C@H]1N(C(=O)c2cnccc2C(F)(F)F)CCC[C@@]1(Oc1csc(C(F)(F)F)c1)C(=O)N1CCN(c2ccccc2OCC(C)(C)O)CC1. The largest absolute Gasteiger partial charge is 0.488 e. The van der Waals surface area contributed by atoms with E-state index >= 15 is 0 Å². The molecular weight excluding hydrogens is 702 g/mol. The lowest BCUT2D eigenvalue weighted by Gasteiger charge is -2.50. The summed E-state index contributed by atoms with van der Waals surface area (Å²) in [4.78, 5) is 36.4. The van der Waals surface area contributed by atoms with Gasteiger partial charge in [-0.1, -0.05) is 25.5 Å². The molecule has 0 spiro atoms. The van der Waals surface area contributed by atoms with Crippen molar-refractivity contribution in [3.05, 3.63) is 70.2 Å². The molecule has 2 atom stereocenters. The molecule has 16 heteroatoms. The van der Waals surface area contributed by atoms with Crippen LogP contribution < -0.4 is 14.4 Å². The lowest BCUT2D eigenvalue weighted by molar-refractivity contribution is -0.159. The number of alkyl halides is 6. The minimum atomic E-state index is -4.87. The molecule has 278 valence electrons. The van der Waals surface area contributed by atoms with Crippen LogP contribution >= 0.6 is 11.3 Å². The number of rotatable bonds is 10. The Morgan fingerprint density at radius 3 is 2.35 bits per heavy atom. The summed E-state index contributed by atoms with van der Waals surface area (Å²) in [6, 6.07) is 7.65. The highest BCUT2D eigenvalue weighted by molar-refractivity contribution is 7.10. The Morgan fingerprint density at radius 2 is 1.73 bits per heavy atom. The number of likely N-dealkylation sites (tertiary alicyclic amines) is 1. The topological polar surface area (TPSA) is 95.4 Å². The highest BCUT2D eigenvalue weighted by Crippen LogP contribution is 2.43. The van der Waals surface area contributed by atoms with Crippen LogP contribution in [-0.4, -0.2) is 88.3 Å². The van der Waals surface area contributed by atoms with Crippen LogP contribution in [0, 0.1) is 0 Å². The molecule has 2 aliphatic heterocycles. The monoisotopic (exact) mass is 742 g/mol. The Kier molecular flexibility index (Phi) is 11.2. The van der Waals surface area contributed by atoms with Crippen LogP contribution in [0.25, 0.3) is 0 Å². The van der Waals surface area contributed by atoms with Crippen molar-refractivity contribution in [3.63, 3.8) is 0 Å². The fourth-order valence-corrected chi connectivity index (χ4v) is 7.29. The van der Waals surface area contributed by atoms with E-state index in [1.54, 1.807) is 32.9 Å². The second-order valence-corrected chi connectivity index (χ2v) is 14.2. The molecule has 2 saturated heterocycles. The molecule has 5 rings (SSSR count). The van der Waals surface area contributed by atoms with Crippen molar-refractivity contribution in [3.8, 4) is 11.5 Å². The van der Waals surface area contributed by atoms with E-state index in [0.717, 1.165) is 29.5 Å². The molecule has 3 aromatic rings. The Bertz CT molecular complexity index is 1690. The van der Waals surface area contributed by atoms with Gasteiger partial charge in [-0.15, -0.1) is 11.3 Å². The van der Waals surface area contributed by atoms with Gasteiger partial charge in [-0.3, -0.25) is 14.6 Å². The average Bonchev–Trinajstić information content (AvgIpc) is 3.56. The number of piperazine rings is 1. The number of aliphatic hydroxyl groups is 1. The zero-order chi connectivity index (χ0) is 37.2. The average molecular weight is 743 g/mol. The van der Waals surface area contributed by atoms with E-state index in [1.165, 1.54) is 9.80 Å². The summed E-state index contributed by atoms with van der Waals surface area (Å²) in [7, 11) is 0. The molecule has 4 heterocycles. The van der Waals surface area contributed by atoms with Gasteiger partial charge >= 0.3 is 12.4 Å². The predicted molar refractivity (Wildman–Crippen MR) is 178 cm³/mol. The molecule has 0 bridgehead atoms. The van der Waals surface area contributed by atoms with Gasteiger partial charge in [0.1, 0.15) is 23.0 Å². The fourth-order valence-electron chi connectivity index (χ4n) is 6.61. The van der Waals surface area contributed by atoms with Crippen molar-refractivity contribution in [2.24, 2.45) is 0 Å². The number of aromatic nitrogens is 1. The van der Waals surface area contributed by atoms with Crippen LogP contribution in [0.1, 0.15) is 67.3 Å². The smallest absolute Gasteiger partial charge is 0.425 e. The second kappa shape index (κ2) is 14.9. The first-order chi connectivity index (χ1) is 23.9. The lowest BCUT2D eigenvalue weighted by Crippen LogP contribution is -2.69. The molecule has 9 nitrogen and oxygen atoms in total. The number of ether oxygens (including phenoxy) is 2. The molecule has 2 aromatic heterocycles. The summed E-state index contributed by atoms with van der Waals surface area (Å²) in [5.74, 6) is -1.24. The Labute approximate surface area is 295 Å². The summed E-state index contributed by atoms with van der Waals surface area (Å²) >= 11 is 0.396. The van der Waals surface area contributed by atoms with E-state index in [0.29, 0.717) is 42.7 Å². The van der Waals surface area contributed by atoms with Gasteiger partial charge in [0.05, 0.1) is 28.5 Å². The first-order valence-electron chi connectivity index (χ1n) is 16.6. The Morgan fingerprint density at radius 1 is 1.02 bits per heavy atom. The van der Waals surface area contributed by atoms with Crippen LogP contribution in [-0.2, 0) is 17.1 Å². The number of piperidine rings is 1. The van der Waals surface area contributed by atoms with Gasteiger partial charge in [0.2, 0.25) is 5.60 Å². The van der Waals surface area contributed by atoms with Crippen molar-refractivity contribution < 1.29 is 50.5 Å². The van der Waals surface area contributed by atoms with Crippen molar-refractivity contribution in [2.45, 2.75) is 76.1 Å². The summed E-state index contributed by atoms with van der Waals surface area (Å²) in [6.45, 7) is 6.09. The normalized spacial score (nSPS) is 20.4. The number of hydrogen-bond acceptors (Lipinski definition) is 8. The molecule has 0 radical (unpaired) electrons. The number of benzene rings is 1. The molecule has 2 aliphatic rings. The zero-order valence-corrected chi connectivity index (χ0v) is 29.2. The quantitative estimate of drug-likeness (QED) is 0.226. The molecule has 2 fully saturated rings. The van der Waals surface area contributed by atoms with Crippen molar-refractivity contribution in [1.82, 2.24) is 14.8 Å². The van der Waals surface area contributed by atoms with E-state index in [-0.39, 0.29) is 51.3 Å². The zero-order valence-electron chi connectivity index (χ0n) is 28.4. The summed E-state index contributed by atoms with van der Waals surface area (Å²) < 4.78 is 95.1. The van der Waals surface area contributed by atoms with E-state index in [1.807, 2.05) is 17.0 Å². The van der Waals surface area contributed by atoms with Crippen molar-refractivity contribution >= 4 is 28.8 Å². The van der Waals surface area contributed by atoms with E-state index in [4.69, 9.17) is 9.47 Å². The third-order valence-corrected chi connectivity index (χ3v) is 9.87. The van der Waals surface area contributed by atoms with Crippen LogP contribution in [0.15, 0.2) is 54.2 Å². The fraction of sp³-hybridized carbons (Fsp3) is 0.514. The van der Waals surface area contributed by atoms with Crippen molar-refractivity contribution in [1.29, 1.82) is 0 Å².